The van der Waals surface area contributed by atoms with E-state index in [1.54, 1.807) is 30.3 Å². The second kappa shape index (κ2) is 7.86. The third kappa shape index (κ3) is 3.59. The number of ether oxygens (including phenoxy) is 2. The minimum Gasteiger partial charge on any atom is -0.463 e. The van der Waals surface area contributed by atoms with Gasteiger partial charge in [0, 0.05) is 34.0 Å². The summed E-state index contributed by atoms with van der Waals surface area (Å²) in [4.78, 5) is 40.1. The van der Waals surface area contributed by atoms with Crippen molar-refractivity contribution in [3.05, 3.63) is 51.9 Å². The Morgan fingerprint density at radius 1 is 1.11 bits per heavy atom. The summed E-state index contributed by atoms with van der Waals surface area (Å²) >= 11 is 0. The van der Waals surface area contributed by atoms with Gasteiger partial charge in [0.15, 0.2) is 0 Å². The lowest BCUT2D eigenvalue weighted by Gasteiger charge is -2.27. The minimum atomic E-state index is -0.431. The van der Waals surface area contributed by atoms with Crippen LogP contribution in [0.1, 0.15) is 27.6 Å². The van der Waals surface area contributed by atoms with Gasteiger partial charge in [0.05, 0.1) is 19.8 Å². The molecular formula is C18H16N4O5. The largest absolute Gasteiger partial charge is 0.463 e. The highest BCUT2D eigenvalue weighted by atomic mass is 16.6. The first-order valence-corrected chi connectivity index (χ1v) is 8.22. The van der Waals surface area contributed by atoms with Crippen molar-refractivity contribution in [3.63, 3.8) is 0 Å². The Bertz CT molecular complexity index is 959. The fraction of sp³-hybridized carbons (Fsp3) is 0.278. The molecule has 0 aliphatic carbocycles. The van der Waals surface area contributed by atoms with Crippen LogP contribution in [-0.4, -0.2) is 49.0 Å². The molecule has 1 aliphatic rings. The maximum atomic E-state index is 12.8. The van der Waals surface area contributed by atoms with Gasteiger partial charge >= 0.3 is 5.97 Å². The summed E-state index contributed by atoms with van der Waals surface area (Å²) < 4.78 is 10.1. The van der Waals surface area contributed by atoms with Gasteiger partial charge in [-0.25, -0.2) is 0 Å². The van der Waals surface area contributed by atoms with Crippen molar-refractivity contribution in [3.8, 4) is 0 Å². The Kier molecular flexibility index (Phi) is 5.35. The average molecular weight is 368 g/mol. The van der Waals surface area contributed by atoms with E-state index in [0.29, 0.717) is 27.6 Å². The lowest BCUT2D eigenvalue weighted by Crippen LogP contribution is -2.42. The van der Waals surface area contributed by atoms with E-state index in [4.69, 9.17) is 15.0 Å². The smallest absolute Gasteiger partial charge is 0.302 e. The molecule has 27 heavy (non-hydrogen) atoms. The summed E-state index contributed by atoms with van der Waals surface area (Å²) in [6.07, 6.45) is 0. The Morgan fingerprint density at radius 3 is 2.56 bits per heavy atom. The lowest BCUT2D eigenvalue weighted by molar-refractivity contribution is -0.142. The fourth-order valence-corrected chi connectivity index (χ4v) is 2.97. The normalized spacial score (nSPS) is 12.9. The topological polar surface area (TPSA) is 122 Å². The molecule has 0 unspecified atom stereocenters. The molecule has 2 aromatic carbocycles. The van der Waals surface area contributed by atoms with Crippen molar-refractivity contribution < 1.29 is 23.9 Å². The molecule has 1 heterocycles. The minimum absolute atomic E-state index is 0.0751. The molecule has 0 saturated heterocycles. The summed E-state index contributed by atoms with van der Waals surface area (Å²) in [6, 6.07) is 8.14. The molecule has 3 rings (SSSR count). The summed E-state index contributed by atoms with van der Waals surface area (Å²) in [5, 5.41) is 4.67. The Morgan fingerprint density at radius 2 is 1.85 bits per heavy atom. The molecule has 0 saturated carbocycles. The molecule has 0 aromatic heterocycles. The van der Waals surface area contributed by atoms with Crippen molar-refractivity contribution >= 4 is 34.2 Å². The van der Waals surface area contributed by atoms with E-state index in [1.165, 1.54) is 6.92 Å². The molecule has 0 atom stereocenters. The molecule has 0 fully saturated rings. The highest BCUT2D eigenvalue weighted by molar-refractivity contribution is 6.26. The van der Waals surface area contributed by atoms with Crippen LogP contribution in [-0.2, 0) is 14.3 Å². The van der Waals surface area contributed by atoms with E-state index in [2.05, 4.69) is 10.0 Å². The maximum Gasteiger partial charge on any atom is 0.302 e. The molecule has 2 aromatic rings. The fourth-order valence-electron chi connectivity index (χ4n) is 2.97. The zero-order valence-corrected chi connectivity index (χ0v) is 14.5. The van der Waals surface area contributed by atoms with E-state index in [-0.39, 0.29) is 26.4 Å². The predicted molar refractivity (Wildman–Crippen MR) is 95.6 cm³/mol. The number of carbonyl (C=O) groups excluding carboxylic acids is 3. The van der Waals surface area contributed by atoms with Gasteiger partial charge in [0.25, 0.3) is 11.8 Å². The number of amides is 2. The number of azide groups is 1. The number of nitrogens with zero attached hydrogens (tertiary/aromatic N) is 4. The highest BCUT2D eigenvalue weighted by Gasteiger charge is 2.32. The quantitative estimate of drug-likeness (QED) is 0.186. The maximum absolute atomic E-state index is 12.8. The van der Waals surface area contributed by atoms with Crippen molar-refractivity contribution in [2.24, 2.45) is 5.11 Å². The van der Waals surface area contributed by atoms with E-state index in [1.807, 2.05) is 0 Å². The van der Waals surface area contributed by atoms with Crippen LogP contribution in [0.4, 0.5) is 5.69 Å². The molecule has 0 bridgehead atoms. The second-order valence-electron chi connectivity index (χ2n) is 5.76. The zero-order valence-electron chi connectivity index (χ0n) is 14.5. The Balaban J connectivity index is 1.80. The van der Waals surface area contributed by atoms with Crippen LogP contribution in [0.3, 0.4) is 0 Å². The van der Waals surface area contributed by atoms with Gasteiger partial charge in [-0.3, -0.25) is 19.3 Å². The molecule has 138 valence electrons. The van der Waals surface area contributed by atoms with Gasteiger partial charge in [-0.15, -0.1) is 0 Å². The highest BCUT2D eigenvalue weighted by Crippen LogP contribution is 2.35. The van der Waals surface area contributed by atoms with E-state index in [0.717, 1.165) is 4.90 Å². The van der Waals surface area contributed by atoms with Gasteiger partial charge < -0.3 is 9.47 Å². The summed E-state index contributed by atoms with van der Waals surface area (Å²) in [6.45, 7) is 1.79. The second-order valence-corrected chi connectivity index (χ2v) is 5.76. The number of rotatable bonds is 7. The van der Waals surface area contributed by atoms with Gasteiger partial charge in [-0.1, -0.05) is 23.3 Å². The van der Waals surface area contributed by atoms with Crippen LogP contribution in [0.15, 0.2) is 35.4 Å². The van der Waals surface area contributed by atoms with Crippen LogP contribution < -0.4 is 0 Å². The molecular weight excluding hydrogens is 352 g/mol. The van der Waals surface area contributed by atoms with Crippen LogP contribution in [0.25, 0.3) is 21.2 Å². The molecule has 0 radical (unpaired) electrons. The van der Waals surface area contributed by atoms with Crippen LogP contribution >= 0.6 is 0 Å². The summed E-state index contributed by atoms with van der Waals surface area (Å²) in [5.41, 5.74) is 9.81. The number of hydrogen-bond acceptors (Lipinski definition) is 6. The first-order chi connectivity index (χ1) is 13.0. The summed E-state index contributed by atoms with van der Waals surface area (Å²) in [7, 11) is 0. The monoisotopic (exact) mass is 368 g/mol. The number of carbonyl (C=O) groups is 3. The molecule has 1 aliphatic heterocycles. The first-order valence-electron chi connectivity index (χ1n) is 8.22. The molecule has 2 amide bonds. The van der Waals surface area contributed by atoms with Crippen molar-refractivity contribution in [1.29, 1.82) is 0 Å². The van der Waals surface area contributed by atoms with E-state index >= 15 is 0 Å². The van der Waals surface area contributed by atoms with Crippen molar-refractivity contribution in [2.75, 3.05) is 26.4 Å². The Labute approximate surface area is 154 Å². The number of hydrogen-bond donors (Lipinski definition) is 0. The van der Waals surface area contributed by atoms with Crippen molar-refractivity contribution in [1.82, 2.24) is 4.90 Å². The molecule has 0 N–H and O–H groups in total. The standard InChI is InChI=1S/C18H16N4O5/c1-11(23)27-10-9-26-8-7-22-17(24)13-4-2-3-12-15(20-21-19)6-5-14(16(12)13)18(22)25/h2-6H,7-10H2,1H3. The van der Waals surface area contributed by atoms with Gasteiger partial charge in [-0.2, -0.15) is 0 Å². The van der Waals surface area contributed by atoms with Crippen LogP contribution in [0.5, 0.6) is 0 Å². The first kappa shape index (κ1) is 18.4. The molecule has 0 spiro atoms. The lowest BCUT2D eigenvalue weighted by atomic mass is 9.93. The SMILES string of the molecule is CC(=O)OCCOCCN1C(=O)c2cccc3c(N=[N+]=[N-])ccc(c23)C1=O. The predicted octanol–water partition coefficient (Wildman–Crippen LogP) is 2.96. The number of esters is 1. The van der Waals surface area contributed by atoms with Gasteiger partial charge in [0.1, 0.15) is 6.61 Å². The zero-order chi connectivity index (χ0) is 19.4. The van der Waals surface area contributed by atoms with Gasteiger partial charge in [0.2, 0.25) is 0 Å². The summed E-state index contributed by atoms with van der Waals surface area (Å²) in [5.74, 6) is -1.26. The van der Waals surface area contributed by atoms with Crippen LogP contribution in [0, 0.1) is 0 Å². The third-order valence-corrected chi connectivity index (χ3v) is 4.11. The van der Waals surface area contributed by atoms with E-state index in [9.17, 15) is 14.4 Å². The number of imide groups is 1. The molecule has 9 heteroatoms. The Hall–Kier alpha value is -3.42. The third-order valence-electron chi connectivity index (χ3n) is 4.11. The van der Waals surface area contributed by atoms with Gasteiger partial charge in [-0.05, 0) is 23.1 Å². The average Bonchev–Trinajstić information content (AvgIpc) is 2.65. The van der Waals surface area contributed by atoms with E-state index < -0.39 is 17.8 Å². The van der Waals surface area contributed by atoms with Crippen molar-refractivity contribution in [2.45, 2.75) is 6.92 Å². The number of benzene rings is 2. The van der Waals surface area contributed by atoms with Crippen LogP contribution in [0.2, 0.25) is 0 Å². The molecule has 9 nitrogen and oxygen atoms in total.